The minimum absolute atomic E-state index is 0.705. The van der Waals surface area contributed by atoms with Crippen molar-refractivity contribution < 1.29 is 0 Å². The minimum Gasteiger partial charge on any atom is -0.268 e. The van der Waals surface area contributed by atoms with Gasteiger partial charge in [0.2, 0.25) is 0 Å². The van der Waals surface area contributed by atoms with Crippen LogP contribution >= 0.6 is 0 Å². The van der Waals surface area contributed by atoms with Gasteiger partial charge in [-0.1, -0.05) is 6.07 Å². The zero-order valence-corrected chi connectivity index (χ0v) is 8.51. The van der Waals surface area contributed by atoms with Crippen molar-refractivity contribution in [3.8, 4) is 6.07 Å². The Morgan fingerprint density at radius 3 is 2.93 bits per heavy atom. The fourth-order valence-corrected chi connectivity index (χ4v) is 1.51. The van der Waals surface area contributed by atoms with Crippen LogP contribution < -0.4 is 0 Å². The topological polar surface area (TPSA) is 41.6 Å². The van der Waals surface area contributed by atoms with E-state index in [-0.39, 0.29) is 0 Å². The maximum Gasteiger partial charge on any atom is 0.0991 e. The van der Waals surface area contributed by atoms with E-state index >= 15 is 0 Å². The number of nitrogens with zero attached hydrogens (tertiary/aromatic N) is 3. The van der Waals surface area contributed by atoms with Crippen LogP contribution in [0.1, 0.15) is 16.7 Å². The molecule has 0 fully saturated rings. The van der Waals surface area contributed by atoms with Crippen molar-refractivity contribution >= 4 is 0 Å². The molecule has 15 heavy (non-hydrogen) atoms. The zero-order valence-electron chi connectivity index (χ0n) is 8.51. The van der Waals surface area contributed by atoms with Crippen molar-refractivity contribution in [3.05, 3.63) is 53.3 Å². The molecule has 0 spiro atoms. The third-order valence-corrected chi connectivity index (χ3v) is 2.36. The fourth-order valence-electron chi connectivity index (χ4n) is 1.51. The molecule has 74 valence electrons. The Bertz CT molecular complexity index is 492. The summed E-state index contributed by atoms with van der Waals surface area (Å²) in [5, 5.41) is 12.9. The molecule has 1 aromatic carbocycles. The van der Waals surface area contributed by atoms with Gasteiger partial charge >= 0.3 is 0 Å². The summed E-state index contributed by atoms with van der Waals surface area (Å²) in [5.74, 6) is 0. The number of aromatic nitrogens is 2. The Labute approximate surface area is 88.6 Å². The first-order valence-electron chi connectivity index (χ1n) is 4.76. The van der Waals surface area contributed by atoms with E-state index in [1.807, 2.05) is 42.1 Å². The monoisotopic (exact) mass is 197 g/mol. The van der Waals surface area contributed by atoms with Gasteiger partial charge in [0.1, 0.15) is 0 Å². The summed E-state index contributed by atoms with van der Waals surface area (Å²) in [6.45, 7) is 2.77. The molecule has 0 bridgehead atoms. The van der Waals surface area contributed by atoms with Crippen LogP contribution in [-0.4, -0.2) is 9.78 Å². The van der Waals surface area contributed by atoms with Crippen LogP contribution in [0.3, 0.4) is 0 Å². The molecule has 0 saturated carbocycles. The predicted octanol–water partition coefficient (Wildman–Crippen LogP) is 2.11. The third-order valence-electron chi connectivity index (χ3n) is 2.36. The Morgan fingerprint density at radius 2 is 2.33 bits per heavy atom. The second-order valence-electron chi connectivity index (χ2n) is 3.46. The van der Waals surface area contributed by atoms with Gasteiger partial charge in [0, 0.05) is 12.4 Å². The lowest BCUT2D eigenvalue weighted by Gasteiger charge is -2.05. The van der Waals surface area contributed by atoms with Gasteiger partial charge in [0.15, 0.2) is 0 Å². The van der Waals surface area contributed by atoms with Gasteiger partial charge in [-0.25, -0.2) is 0 Å². The standard InChI is InChI=1S/C12H11N3/c1-10-7-11(8-13)3-4-12(10)9-15-6-2-5-14-15/h2-7H,9H2,1H3. The molecule has 0 aliphatic carbocycles. The summed E-state index contributed by atoms with van der Waals surface area (Å²) in [4.78, 5) is 0. The van der Waals surface area contributed by atoms with Gasteiger partial charge in [-0.3, -0.25) is 4.68 Å². The van der Waals surface area contributed by atoms with Crippen LogP contribution in [0.25, 0.3) is 0 Å². The molecule has 0 aliphatic rings. The van der Waals surface area contributed by atoms with Crippen LogP contribution in [0.2, 0.25) is 0 Å². The Balaban J connectivity index is 2.27. The summed E-state index contributed by atoms with van der Waals surface area (Å²) < 4.78 is 1.87. The Morgan fingerprint density at radius 1 is 1.47 bits per heavy atom. The van der Waals surface area contributed by atoms with Crippen LogP contribution in [0.15, 0.2) is 36.7 Å². The van der Waals surface area contributed by atoms with Crippen molar-refractivity contribution in [2.45, 2.75) is 13.5 Å². The van der Waals surface area contributed by atoms with E-state index in [2.05, 4.69) is 11.2 Å². The third kappa shape index (κ3) is 2.05. The number of aryl methyl sites for hydroxylation is 1. The number of benzene rings is 1. The molecule has 2 aromatic rings. The van der Waals surface area contributed by atoms with Gasteiger partial charge in [-0.2, -0.15) is 10.4 Å². The molecule has 0 radical (unpaired) electrons. The van der Waals surface area contributed by atoms with Gasteiger partial charge in [-0.15, -0.1) is 0 Å². The maximum atomic E-state index is 8.74. The van der Waals surface area contributed by atoms with Crippen molar-refractivity contribution in [2.75, 3.05) is 0 Å². The van der Waals surface area contributed by atoms with Gasteiger partial charge < -0.3 is 0 Å². The highest BCUT2D eigenvalue weighted by molar-refractivity contribution is 5.37. The predicted molar refractivity (Wildman–Crippen MR) is 57.2 cm³/mol. The van der Waals surface area contributed by atoms with E-state index in [9.17, 15) is 0 Å². The molecule has 0 unspecified atom stereocenters. The molecule has 0 atom stereocenters. The largest absolute Gasteiger partial charge is 0.268 e. The highest BCUT2D eigenvalue weighted by Crippen LogP contribution is 2.11. The van der Waals surface area contributed by atoms with E-state index in [0.717, 1.165) is 12.1 Å². The van der Waals surface area contributed by atoms with Gasteiger partial charge in [0.25, 0.3) is 0 Å². The summed E-state index contributed by atoms with van der Waals surface area (Å²) in [7, 11) is 0. The van der Waals surface area contributed by atoms with E-state index in [1.165, 1.54) is 5.56 Å². The summed E-state index contributed by atoms with van der Waals surface area (Å²) >= 11 is 0. The van der Waals surface area contributed by atoms with E-state index in [0.29, 0.717) is 5.56 Å². The molecule has 1 heterocycles. The van der Waals surface area contributed by atoms with Crippen molar-refractivity contribution in [3.63, 3.8) is 0 Å². The maximum absolute atomic E-state index is 8.74. The molecular weight excluding hydrogens is 186 g/mol. The first-order valence-corrected chi connectivity index (χ1v) is 4.76. The molecule has 0 aliphatic heterocycles. The molecule has 0 N–H and O–H groups in total. The van der Waals surface area contributed by atoms with E-state index < -0.39 is 0 Å². The first kappa shape index (κ1) is 9.47. The van der Waals surface area contributed by atoms with Crippen molar-refractivity contribution in [1.29, 1.82) is 5.26 Å². The van der Waals surface area contributed by atoms with Gasteiger partial charge in [0.05, 0.1) is 18.2 Å². The van der Waals surface area contributed by atoms with Crippen LogP contribution in [0.4, 0.5) is 0 Å². The zero-order chi connectivity index (χ0) is 10.7. The molecule has 3 heteroatoms. The molecule has 3 nitrogen and oxygen atoms in total. The Kier molecular flexibility index (Phi) is 2.51. The van der Waals surface area contributed by atoms with E-state index in [1.54, 1.807) is 6.20 Å². The highest BCUT2D eigenvalue weighted by atomic mass is 15.3. The fraction of sp³-hybridized carbons (Fsp3) is 0.167. The lowest BCUT2D eigenvalue weighted by molar-refractivity contribution is 0.684. The summed E-state index contributed by atoms with van der Waals surface area (Å²) in [6.07, 6.45) is 3.69. The molecule has 0 saturated heterocycles. The van der Waals surface area contributed by atoms with Crippen molar-refractivity contribution in [2.24, 2.45) is 0 Å². The number of rotatable bonds is 2. The quantitative estimate of drug-likeness (QED) is 0.739. The van der Waals surface area contributed by atoms with Crippen LogP contribution in [-0.2, 0) is 6.54 Å². The molecular formula is C12H11N3. The number of nitriles is 1. The second kappa shape index (κ2) is 3.97. The second-order valence-corrected chi connectivity index (χ2v) is 3.46. The summed E-state index contributed by atoms with van der Waals surface area (Å²) in [5.41, 5.74) is 3.03. The SMILES string of the molecule is Cc1cc(C#N)ccc1Cn1cccn1. The lowest BCUT2D eigenvalue weighted by atomic mass is 10.1. The first-order chi connectivity index (χ1) is 7.29. The number of hydrogen-bond acceptors (Lipinski definition) is 2. The summed E-state index contributed by atoms with van der Waals surface area (Å²) in [6, 6.07) is 9.76. The molecule has 1 aromatic heterocycles. The van der Waals surface area contributed by atoms with Crippen LogP contribution in [0.5, 0.6) is 0 Å². The highest BCUT2D eigenvalue weighted by Gasteiger charge is 2.00. The molecule has 0 amide bonds. The molecule has 2 rings (SSSR count). The Hall–Kier alpha value is -2.08. The lowest BCUT2D eigenvalue weighted by Crippen LogP contribution is -2.01. The minimum atomic E-state index is 0.705. The van der Waals surface area contributed by atoms with E-state index in [4.69, 9.17) is 5.26 Å². The number of hydrogen-bond donors (Lipinski definition) is 0. The average Bonchev–Trinajstić information content (AvgIpc) is 2.74. The smallest absolute Gasteiger partial charge is 0.0991 e. The average molecular weight is 197 g/mol. The van der Waals surface area contributed by atoms with Crippen LogP contribution in [0, 0.1) is 18.3 Å². The van der Waals surface area contributed by atoms with Crippen molar-refractivity contribution in [1.82, 2.24) is 9.78 Å². The van der Waals surface area contributed by atoms with Gasteiger partial charge in [-0.05, 0) is 36.2 Å². The normalized spacial score (nSPS) is 9.87.